The lowest BCUT2D eigenvalue weighted by Crippen LogP contribution is -2.44. The van der Waals surface area contributed by atoms with Gasteiger partial charge in [-0.15, -0.1) is 11.8 Å². The van der Waals surface area contributed by atoms with E-state index in [9.17, 15) is 9.59 Å². The lowest BCUT2D eigenvalue weighted by Gasteiger charge is -2.30. The molecule has 2 aliphatic rings. The first-order valence-electron chi connectivity index (χ1n) is 10.1. The van der Waals surface area contributed by atoms with Crippen molar-refractivity contribution < 1.29 is 14.3 Å². The lowest BCUT2D eigenvalue weighted by atomic mass is 10.1. The molecular formula is C23H26N2O3S. The van der Waals surface area contributed by atoms with Crippen LogP contribution in [0.2, 0.25) is 0 Å². The number of anilines is 1. The number of hydrogen-bond acceptors (Lipinski definition) is 4. The van der Waals surface area contributed by atoms with Gasteiger partial charge in [0.1, 0.15) is 12.3 Å². The summed E-state index contributed by atoms with van der Waals surface area (Å²) in [6, 6.07) is 15.8. The summed E-state index contributed by atoms with van der Waals surface area (Å²) < 4.78 is 5.25. The van der Waals surface area contributed by atoms with Crippen molar-refractivity contribution in [2.45, 2.75) is 35.8 Å². The zero-order valence-electron chi connectivity index (χ0n) is 16.7. The van der Waals surface area contributed by atoms with Crippen LogP contribution in [0, 0.1) is 0 Å². The number of ether oxygens (including phenoxy) is 1. The van der Waals surface area contributed by atoms with Crippen molar-refractivity contribution in [3.05, 3.63) is 54.1 Å². The molecule has 0 radical (unpaired) electrons. The molecule has 2 heterocycles. The molecule has 29 heavy (non-hydrogen) atoms. The Bertz CT molecular complexity index is 878. The predicted octanol–water partition coefficient (Wildman–Crippen LogP) is 4.28. The largest absolute Gasteiger partial charge is 0.497 e. The second-order valence-electron chi connectivity index (χ2n) is 7.47. The van der Waals surface area contributed by atoms with Gasteiger partial charge in [-0.1, -0.05) is 24.3 Å². The van der Waals surface area contributed by atoms with Crippen LogP contribution in [-0.2, 0) is 9.59 Å². The van der Waals surface area contributed by atoms with E-state index in [4.69, 9.17) is 4.74 Å². The van der Waals surface area contributed by atoms with Crippen molar-refractivity contribution in [3.63, 3.8) is 0 Å². The van der Waals surface area contributed by atoms with Crippen LogP contribution in [0.1, 0.15) is 36.5 Å². The number of benzene rings is 2. The van der Waals surface area contributed by atoms with Crippen LogP contribution in [-0.4, -0.2) is 43.5 Å². The Morgan fingerprint density at radius 2 is 1.79 bits per heavy atom. The molecule has 2 aromatic carbocycles. The number of rotatable bonds is 4. The van der Waals surface area contributed by atoms with Gasteiger partial charge in [0.05, 0.1) is 12.8 Å². The molecule has 0 aliphatic carbocycles. The third-order valence-corrected chi connectivity index (χ3v) is 6.90. The third-order valence-electron chi connectivity index (χ3n) is 5.58. The number of para-hydroxylation sites is 1. The van der Waals surface area contributed by atoms with E-state index in [0.717, 1.165) is 47.8 Å². The summed E-state index contributed by atoms with van der Waals surface area (Å²) in [5.41, 5.74) is 1.92. The number of amides is 2. The van der Waals surface area contributed by atoms with Gasteiger partial charge in [-0.05, 0) is 49.1 Å². The van der Waals surface area contributed by atoms with E-state index in [1.807, 2.05) is 53.4 Å². The molecule has 2 aromatic rings. The Kier molecular flexibility index (Phi) is 6.09. The summed E-state index contributed by atoms with van der Waals surface area (Å²) in [5.74, 6) is 0.835. The minimum absolute atomic E-state index is 0.00430. The summed E-state index contributed by atoms with van der Waals surface area (Å²) in [4.78, 5) is 30.7. The number of piperidine rings is 1. The minimum atomic E-state index is -0.00590. The van der Waals surface area contributed by atoms with E-state index in [-0.39, 0.29) is 23.6 Å². The molecule has 0 aromatic heterocycles. The van der Waals surface area contributed by atoms with Gasteiger partial charge in [-0.3, -0.25) is 9.59 Å². The quantitative estimate of drug-likeness (QED) is 0.755. The highest BCUT2D eigenvalue weighted by Gasteiger charge is 2.31. The first-order chi connectivity index (χ1) is 14.2. The van der Waals surface area contributed by atoms with Crippen molar-refractivity contribution in [2.24, 2.45) is 0 Å². The van der Waals surface area contributed by atoms with Gasteiger partial charge >= 0.3 is 0 Å². The fraction of sp³-hybridized carbons (Fsp3) is 0.391. The van der Waals surface area contributed by atoms with Crippen molar-refractivity contribution >= 4 is 29.3 Å². The molecule has 2 aliphatic heterocycles. The molecule has 1 saturated heterocycles. The fourth-order valence-corrected chi connectivity index (χ4v) is 5.22. The van der Waals surface area contributed by atoms with E-state index in [1.165, 1.54) is 6.42 Å². The van der Waals surface area contributed by atoms with Crippen LogP contribution >= 0.6 is 11.8 Å². The Morgan fingerprint density at radius 3 is 2.52 bits per heavy atom. The monoisotopic (exact) mass is 410 g/mol. The number of thioether (sulfide) groups is 1. The van der Waals surface area contributed by atoms with E-state index in [0.29, 0.717) is 6.42 Å². The average Bonchev–Trinajstić information content (AvgIpc) is 2.91. The number of nitrogens with zero attached hydrogens (tertiary/aromatic N) is 2. The van der Waals surface area contributed by atoms with Crippen LogP contribution in [0.5, 0.6) is 5.75 Å². The molecule has 6 heteroatoms. The van der Waals surface area contributed by atoms with Crippen molar-refractivity contribution in [3.8, 4) is 5.75 Å². The third kappa shape index (κ3) is 4.42. The molecule has 1 atom stereocenters. The maximum absolute atomic E-state index is 13.2. The molecule has 0 spiro atoms. The molecular weight excluding hydrogens is 384 g/mol. The molecule has 5 nitrogen and oxygen atoms in total. The van der Waals surface area contributed by atoms with Gasteiger partial charge in [-0.25, -0.2) is 0 Å². The van der Waals surface area contributed by atoms with Gasteiger partial charge in [0.25, 0.3) is 0 Å². The van der Waals surface area contributed by atoms with Crippen LogP contribution < -0.4 is 9.64 Å². The average molecular weight is 411 g/mol. The standard InChI is InChI=1S/C23H26N2O3S/c1-28-18-11-9-17(10-12-18)21-15-22(26)25(19-7-3-4-8-20(19)29-21)16-23(27)24-13-5-2-6-14-24/h3-4,7-12,21H,2,5-6,13-16H2,1H3. The van der Waals surface area contributed by atoms with Crippen LogP contribution in [0.3, 0.4) is 0 Å². The Morgan fingerprint density at radius 1 is 1.07 bits per heavy atom. The number of carbonyl (C=O) groups is 2. The Hall–Kier alpha value is -2.47. The maximum atomic E-state index is 13.2. The smallest absolute Gasteiger partial charge is 0.242 e. The van der Waals surface area contributed by atoms with Gasteiger partial charge in [0.2, 0.25) is 11.8 Å². The van der Waals surface area contributed by atoms with Crippen LogP contribution in [0.4, 0.5) is 5.69 Å². The summed E-state index contributed by atoms with van der Waals surface area (Å²) in [6.45, 7) is 1.71. The highest BCUT2D eigenvalue weighted by molar-refractivity contribution is 7.99. The molecule has 1 unspecified atom stereocenters. The van der Waals surface area contributed by atoms with E-state index in [1.54, 1.807) is 23.8 Å². The van der Waals surface area contributed by atoms with Crippen molar-refractivity contribution in [1.29, 1.82) is 0 Å². The van der Waals surface area contributed by atoms with Gasteiger partial charge in [-0.2, -0.15) is 0 Å². The summed E-state index contributed by atoms with van der Waals surface area (Å²) in [6.07, 6.45) is 3.63. The van der Waals surface area contributed by atoms with Crippen LogP contribution in [0.15, 0.2) is 53.4 Å². The zero-order chi connectivity index (χ0) is 20.2. The second kappa shape index (κ2) is 8.91. The van der Waals surface area contributed by atoms with E-state index < -0.39 is 0 Å². The molecule has 4 rings (SSSR count). The maximum Gasteiger partial charge on any atom is 0.242 e. The molecule has 0 N–H and O–H groups in total. The van der Waals surface area contributed by atoms with E-state index >= 15 is 0 Å². The summed E-state index contributed by atoms with van der Waals surface area (Å²) in [7, 11) is 1.65. The van der Waals surface area contributed by atoms with Gasteiger partial charge in [0, 0.05) is 29.7 Å². The Labute approximate surface area is 176 Å². The molecule has 0 saturated carbocycles. The minimum Gasteiger partial charge on any atom is -0.497 e. The predicted molar refractivity (Wildman–Crippen MR) is 115 cm³/mol. The number of likely N-dealkylation sites (tertiary alicyclic amines) is 1. The summed E-state index contributed by atoms with van der Waals surface area (Å²) in [5, 5.41) is 0.00430. The normalized spacial score (nSPS) is 19.5. The number of fused-ring (bicyclic) bond motifs is 1. The SMILES string of the molecule is COc1ccc(C2CC(=O)N(CC(=O)N3CCCCC3)c3ccccc3S2)cc1. The number of carbonyl (C=O) groups excluding carboxylic acids is 2. The van der Waals surface area contributed by atoms with Crippen LogP contribution in [0.25, 0.3) is 0 Å². The topological polar surface area (TPSA) is 49.9 Å². The Balaban J connectivity index is 1.59. The first kappa shape index (κ1) is 19.8. The van der Waals surface area contributed by atoms with Gasteiger partial charge < -0.3 is 14.5 Å². The number of methoxy groups -OCH3 is 1. The lowest BCUT2D eigenvalue weighted by molar-refractivity contribution is -0.132. The van der Waals surface area contributed by atoms with Gasteiger partial charge in [0.15, 0.2) is 0 Å². The fourth-order valence-electron chi connectivity index (χ4n) is 3.93. The summed E-state index contributed by atoms with van der Waals surface area (Å²) >= 11 is 1.69. The van der Waals surface area contributed by atoms with Crippen molar-refractivity contribution in [1.82, 2.24) is 4.90 Å². The zero-order valence-corrected chi connectivity index (χ0v) is 17.5. The molecule has 1 fully saturated rings. The first-order valence-corrected chi connectivity index (χ1v) is 11.0. The molecule has 0 bridgehead atoms. The highest BCUT2D eigenvalue weighted by Crippen LogP contribution is 2.45. The second-order valence-corrected chi connectivity index (χ2v) is 8.72. The molecule has 2 amide bonds. The number of hydrogen-bond donors (Lipinski definition) is 0. The van der Waals surface area contributed by atoms with E-state index in [2.05, 4.69) is 0 Å². The molecule has 152 valence electrons. The van der Waals surface area contributed by atoms with Crippen molar-refractivity contribution in [2.75, 3.05) is 31.6 Å². The highest BCUT2D eigenvalue weighted by atomic mass is 32.2.